The molecule has 0 aliphatic heterocycles. The predicted molar refractivity (Wildman–Crippen MR) is 63.5 cm³/mol. The third kappa shape index (κ3) is 2.08. The Morgan fingerprint density at radius 2 is 2.24 bits per heavy atom. The summed E-state index contributed by atoms with van der Waals surface area (Å²) in [7, 11) is 0. The van der Waals surface area contributed by atoms with Crippen LogP contribution in [-0.4, -0.2) is 19.8 Å². The minimum absolute atomic E-state index is 0.443. The molecule has 0 saturated heterocycles. The second-order valence-electron chi connectivity index (χ2n) is 4.16. The minimum atomic E-state index is -0.476. The standard InChI is InChI=1S/C12H10ClN3O/c13-12(17)9-3-4-14-11(5-9)16-6-10(15-7-16)8-1-2-8/h3-8H,1-2H2. The van der Waals surface area contributed by atoms with Crippen LogP contribution in [0.4, 0.5) is 0 Å². The summed E-state index contributed by atoms with van der Waals surface area (Å²) >= 11 is 5.44. The zero-order valence-electron chi connectivity index (χ0n) is 9.01. The third-order valence-electron chi connectivity index (χ3n) is 2.84. The monoisotopic (exact) mass is 247 g/mol. The van der Waals surface area contributed by atoms with E-state index in [1.165, 1.54) is 12.8 Å². The van der Waals surface area contributed by atoms with E-state index in [0.29, 0.717) is 17.3 Å². The quantitative estimate of drug-likeness (QED) is 0.783. The summed E-state index contributed by atoms with van der Waals surface area (Å²) in [6, 6.07) is 3.26. The van der Waals surface area contributed by atoms with E-state index in [2.05, 4.69) is 9.97 Å². The number of hydrogen-bond donors (Lipinski definition) is 0. The van der Waals surface area contributed by atoms with E-state index in [9.17, 15) is 4.79 Å². The molecule has 1 aliphatic rings. The largest absolute Gasteiger partial charge is 0.290 e. The van der Waals surface area contributed by atoms with E-state index in [1.54, 1.807) is 24.7 Å². The maximum atomic E-state index is 11.1. The summed E-state index contributed by atoms with van der Waals surface area (Å²) in [5.41, 5.74) is 1.53. The summed E-state index contributed by atoms with van der Waals surface area (Å²) in [6.45, 7) is 0. The molecule has 17 heavy (non-hydrogen) atoms. The summed E-state index contributed by atoms with van der Waals surface area (Å²) in [5, 5.41) is -0.476. The molecule has 0 N–H and O–H groups in total. The van der Waals surface area contributed by atoms with E-state index in [0.717, 1.165) is 5.69 Å². The molecule has 1 fully saturated rings. The van der Waals surface area contributed by atoms with Gasteiger partial charge in [-0.15, -0.1) is 0 Å². The van der Waals surface area contributed by atoms with Gasteiger partial charge in [-0.05, 0) is 36.6 Å². The summed E-state index contributed by atoms with van der Waals surface area (Å²) in [6.07, 6.45) is 7.68. The molecular weight excluding hydrogens is 238 g/mol. The molecule has 0 radical (unpaired) electrons. The van der Waals surface area contributed by atoms with Crippen LogP contribution in [0.5, 0.6) is 0 Å². The average molecular weight is 248 g/mol. The second kappa shape index (κ2) is 3.96. The maximum absolute atomic E-state index is 11.1. The van der Waals surface area contributed by atoms with Crippen molar-refractivity contribution >= 4 is 16.8 Å². The van der Waals surface area contributed by atoms with E-state index in [4.69, 9.17) is 11.6 Å². The van der Waals surface area contributed by atoms with Crippen LogP contribution >= 0.6 is 11.6 Å². The molecule has 2 heterocycles. The third-order valence-corrected chi connectivity index (χ3v) is 3.05. The van der Waals surface area contributed by atoms with Gasteiger partial charge >= 0.3 is 0 Å². The fraction of sp³-hybridized carbons (Fsp3) is 0.250. The number of carbonyl (C=O) groups is 1. The Morgan fingerprint density at radius 3 is 2.94 bits per heavy atom. The number of carbonyl (C=O) groups excluding carboxylic acids is 1. The summed E-state index contributed by atoms with van der Waals surface area (Å²) < 4.78 is 1.82. The van der Waals surface area contributed by atoms with Crippen LogP contribution in [0.25, 0.3) is 5.82 Å². The van der Waals surface area contributed by atoms with Crippen LogP contribution in [0, 0.1) is 0 Å². The lowest BCUT2D eigenvalue weighted by molar-refractivity contribution is 0.108. The molecular formula is C12H10ClN3O. The number of imidazole rings is 1. The molecule has 1 aliphatic carbocycles. The van der Waals surface area contributed by atoms with Crippen molar-refractivity contribution in [2.24, 2.45) is 0 Å². The van der Waals surface area contributed by atoms with Gasteiger partial charge < -0.3 is 0 Å². The highest BCUT2D eigenvalue weighted by Crippen LogP contribution is 2.39. The van der Waals surface area contributed by atoms with Gasteiger partial charge in [-0.1, -0.05) is 0 Å². The van der Waals surface area contributed by atoms with Crippen LogP contribution in [0.1, 0.15) is 34.8 Å². The van der Waals surface area contributed by atoms with Gasteiger partial charge in [-0.25, -0.2) is 9.97 Å². The Labute approximate surface area is 103 Å². The number of hydrogen-bond acceptors (Lipinski definition) is 3. The zero-order valence-corrected chi connectivity index (χ0v) is 9.76. The first-order valence-corrected chi connectivity index (χ1v) is 5.82. The molecule has 3 rings (SSSR count). The van der Waals surface area contributed by atoms with Crippen LogP contribution < -0.4 is 0 Å². The molecule has 1 saturated carbocycles. The molecule has 4 nitrogen and oxygen atoms in total. The van der Waals surface area contributed by atoms with Gasteiger partial charge in [0.25, 0.3) is 5.24 Å². The molecule has 0 unspecified atom stereocenters. The van der Waals surface area contributed by atoms with Gasteiger partial charge in [0, 0.05) is 23.9 Å². The van der Waals surface area contributed by atoms with Crippen molar-refractivity contribution in [2.45, 2.75) is 18.8 Å². The number of pyridine rings is 1. The first-order valence-electron chi connectivity index (χ1n) is 5.44. The number of rotatable bonds is 3. The van der Waals surface area contributed by atoms with Gasteiger partial charge in [0.2, 0.25) is 0 Å². The number of nitrogens with zero attached hydrogens (tertiary/aromatic N) is 3. The van der Waals surface area contributed by atoms with Crippen molar-refractivity contribution in [1.82, 2.24) is 14.5 Å². The van der Waals surface area contributed by atoms with Crippen molar-refractivity contribution in [3.8, 4) is 5.82 Å². The van der Waals surface area contributed by atoms with Crippen LogP contribution in [-0.2, 0) is 0 Å². The first-order chi connectivity index (χ1) is 8.24. The zero-order chi connectivity index (χ0) is 11.8. The lowest BCUT2D eigenvalue weighted by Gasteiger charge is -2.01. The average Bonchev–Trinajstić information content (AvgIpc) is 3.07. The van der Waals surface area contributed by atoms with Gasteiger partial charge in [0.15, 0.2) is 0 Å². The Morgan fingerprint density at radius 1 is 1.41 bits per heavy atom. The van der Waals surface area contributed by atoms with Gasteiger partial charge in [-0.2, -0.15) is 0 Å². The first kappa shape index (κ1) is 10.5. The van der Waals surface area contributed by atoms with Crippen LogP contribution in [0.3, 0.4) is 0 Å². The van der Waals surface area contributed by atoms with Crippen molar-refractivity contribution in [3.63, 3.8) is 0 Å². The van der Waals surface area contributed by atoms with Crippen molar-refractivity contribution in [2.75, 3.05) is 0 Å². The molecule has 2 aromatic rings. The predicted octanol–water partition coefficient (Wildman–Crippen LogP) is 2.52. The SMILES string of the molecule is O=C(Cl)c1ccnc(-n2cnc(C3CC3)c2)c1. The number of aromatic nitrogens is 3. The highest BCUT2D eigenvalue weighted by molar-refractivity contribution is 6.67. The van der Waals surface area contributed by atoms with Gasteiger partial charge in [0.05, 0.1) is 5.69 Å². The molecule has 5 heteroatoms. The number of halogens is 1. The lowest BCUT2D eigenvalue weighted by Crippen LogP contribution is -1.97. The maximum Gasteiger partial charge on any atom is 0.252 e. The Balaban J connectivity index is 1.96. The summed E-state index contributed by atoms with van der Waals surface area (Å²) in [4.78, 5) is 19.6. The van der Waals surface area contributed by atoms with E-state index in [1.807, 2.05) is 10.8 Å². The topological polar surface area (TPSA) is 47.8 Å². The Hall–Kier alpha value is -1.68. The second-order valence-corrected chi connectivity index (χ2v) is 4.50. The van der Waals surface area contributed by atoms with Gasteiger partial charge in [-0.3, -0.25) is 9.36 Å². The molecule has 0 spiro atoms. The fourth-order valence-electron chi connectivity index (χ4n) is 1.74. The molecule has 0 amide bonds. The van der Waals surface area contributed by atoms with Crippen molar-refractivity contribution < 1.29 is 4.79 Å². The van der Waals surface area contributed by atoms with E-state index in [-0.39, 0.29) is 0 Å². The Kier molecular flexibility index (Phi) is 2.44. The molecule has 2 aromatic heterocycles. The van der Waals surface area contributed by atoms with Crippen LogP contribution in [0.2, 0.25) is 0 Å². The van der Waals surface area contributed by atoms with E-state index < -0.39 is 5.24 Å². The molecule has 86 valence electrons. The lowest BCUT2D eigenvalue weighted by atomic mass is 10.3. The normalized spacial score (nSPS) is 14.9. The minimum Gasteiger partial charge on any atom is -0.290 e. The Bertz CT molecular complexity index is 575. The molecule has 0 atom stereocenters. The highest BCUT2D eigenvalue weighted by atomic mass is 35.5. The molecule has 0 aromatic carbocycles. The fourth-order valence-corrected chi connectivity index (χ4v) is 1.85. The van der Waals surface area contributed by atoms with Crippen molar-refractivity contribution in [3.05, 3.63) is 42.1 Å². The van der Waals surface area contributed by atoms with Crippen molar-refractivity contribution in [1.29, 1.82) is 0 Å². The highest BCUT2D eigenvalue weighted by Gasteiger charge is 2.25. The molecule has 0 bridgehead atoms. The van der Waals surface area contributed by atoms with Crippen LogP contribution in [0.15, 0.2) is 30.9 Å². The van der Waals surface area contributed by atoms with Gasteiger partial charge in [0.1, 0.15) is 12.1 Å². The van der Waals surface area contributed by atoms with E-state index >= 15 is 0 Å². The smallest absolute Gasteiger partial charge is 0.252 e. The summed E-state index contributed by atoms with van der Waals surface area (Å²) in [5.74, 6) is 1.27.